The van der Waals surface area contributed by atoms with Gasteiger partial charge in [-0.25, -0.2) is 0 Å². The van der Waals surface area contributed by atoms with E-state index in [1.165, 1.54) is 52.6 Å². The van der Waals surface area contributed by atoms with Crippen LogP contribution in [0, 0.1) is 5.92 Å². The monoisotopic (exact) mass is 712 g/mol. The summed E-state index contributed by atoms with van der Waals surface area (Å²) < 4.78 is 7.82. The standard InChI is InChI=1S/C13H9.C7H13NO.2C7H7.C2H7Si.Hf/c1-3-7-12-10(5-1)9-11-6-2-4-8-13(11)12;8-7(9)6-4-2-1-3-5-6;2*1-7-5-3-2-4-6-7;1-3-2;/h1-5,7-8H,9H2;6H,1-5H2,(H2,8,9);2*2-6H,1H2;3H,1-2H3;/q;;;;;+1/p-1. The molecular formula is C36H42HfNOSi. The zero-order valence-corrected chi connectivity index (χ0v) is 28.8. The van der Waals surface area contributed by atoms with Crippen LogP contribution in [0.2, 0.25) is 13.1 Å². The zero-order chi connectivity index (χ0) is 27.6. The summed E-state index contributed by atoms with van der Waals surface area (Å²) in [5.41, 5.74) is 8.44. The van der Waals surface area contributed by atoms with Gasteiger partial charge in [0.05, 0.1) is 0 Å². The summed E-state index contributed by atoms with van der Waals surface area (Å²) in [5.74, 6) is -0.970. The van der Waals surface area contributed by atoms with Crippen LogP contribution in [0.25, 0.3) is 11.1 Å². The first-order valence-electron chi connectivity index (χ1n) is 15.3. The van der Waals surface area contributed by atoms with Gasteiger partial charge in [0.25, 0.3) is 0 Å². The Morgan fingerprint density at radius 3 is 1.93 bits per heavy atom. The predicted molar refractivity (Wildman–Crippen MR) is 168 cm³/mol. The van der Waals surface area contributed by atoms with Gasteiger partial charge in [-0.05, 0) is 0 Å². The quantitative estimate of drug-likeness (QED) is 0.166. The van der Waals surface area contributed by atoms with Gasteiger partial charge in [-0.1, -0.05) is 0 Å². The molecule has 0 aromatic heterocycles. The summed E-state index contributed by atoms with van der Waals surface area (Å²) in [5, 5.41) is 0. The first-order valence-corrected chi connectivity index (χ1v) is 33.0. The van der Waals surface area contributed by atoms with E-state index in [0.717, 1.165) is 27.6 Å². The Bertz CT molecular complexity index is 1450. The van der Waals surface area contributed by atoms with Gasteiger partial charge in [-0.3, -0.25) is 0 Å². The predicted octanol–water partition coefficient (Wildman–Crippen LogP) is 7.57. The van der Waals surface area contributed by atoms with Crippen LogP contribution in [0.3, 0.4) is 0 Å². The summed E-state index contributed by atoms with van der Waals surface area (Å²) in [6, 6.07) is 38.2. The fourth-order valence-corrected chi connectivity index (χ4v) is 55.1. The van der Waals surface area contributed by atoms with E-state index in [0.29, 0.717) is 5.91 Å². The van der Waals surface area contributed by atoms with Crippen LogP contribution in [-0.2, 0) is 37.5 Å². The molecule has 2 nitrogen and oxygen atoms in total. The molecule has 0 radical (unpaired) electrons. The summed E-state index contributed by atoms with van der Waals surface area (Å²) in [6.07, 6.45) is 6.66. The molecule has 0 spiro atoms. The minimum absolute atomic E-state index is 0.150. The van der Waals surface area contributed by atoms with Crippen molar-refractivity contribution in [3.8, 4) is 11.1 Å². The molecule has 6 rings (SSSR count). The number of amides is 1. The number of hydrogen-bond acceptors (Lipinski definition) is 1. The Hall–Kier alpha value is -2.56. The molecule has 1 saturated carbocycles. The average molecular weight is 711 g/mol. The molecule has 40 heavy (non-hydrogen) atoms. The molecule has 1 N–H and O–H groups in total. The Morgan fingerprint density at radius 2 is 1.30 bits per heavy atom. The van der Waals surface area contributed by atoms with Crippen molar-refractivity contribution in [1.29, 1.82) is 0 Å². The van der Waals surface area contributed by atoms with Crippen molar-refractivity contribution in [3.63, 3.8) is 0 Å². The molecule has 205 valence electrons. The third-order valence-electron chi connectivity index (χ3n) is 10.2. The molecule has 4 aromatic carbocycles. The molecule has 0 bridgehead atoms. The number of rotatable bonds is 8. The van der Waals surface area contributed by atoms with E-state index in [1.54, 1.807) is 3.32 Å². The second-order valence-electron chi connectivity index (χ2n) is 12.7. The van der Waals surface area contributed by atoms with E-state index in [4.69, 9.17) is 0 Å². The van der Waals surface area contributed by atoms with Crippen LogP contribution in [0.1, 0.15) is 54.4 Å². The summed E-state index contributed by atoms with van der Waals surface area (Å²) >= 11 is -4.60. The van der Waals surface area contributed by atoms with E-state index in [1.807, 2.05) is 0 Å². The van der Waals surface area contributed by atoms with Gasteiger partial charge in [0.2, 0.25) is 0 Å². The number of nitrogens with one attached hydrogen (secondary N) is 1. The average Bonchev–Trinajstić information content (AvgIpc) is 3.37. The van der Waals surface area contributed by atoms with Crippen molar-refractivity contribution in [2.24, 2.45) is 5.92 Å². The second kappa shape index (κ2) is 11.4. The van der Waals surface area contributed by atoms with E-state index in [-0.39, 0.29) is 5.92 Å². The van der Waals surface area contributed by atoms with Gasteiger partial charge < -0.3 is 0 Å². The molecule has 4 aromatic rings. The molecule has 0 saturated heterocycles. The van der Waals surface area contributed by atoms with Crippen molar-refractivity contribution in [3.05, 3.63) is 125 Å². The molecule has 0 unspecified atom stereocenters. The Labute approximate surface area is 242 Å². The van der Waals surface area contributed by atoms with E-state index >= 15 is 0 Å². The second-order valence-corrected chi connectivity index (χ2v) is 57.1. The fraction of sp³-hybridized carbons (Fsp3) is 0.306. The van der Waals surface area contributed by atoms with Gasteiger partial charge in [-0.2, -0.15) is 0 Å². The Kier molecular flexibility index (Phi) is 7.85. The van der Waals surface area contributed by atoms with Gasteiger partial charge in [-0.15, -0.1) is 0 Å². The van der Waals surface area contributed by atoms with Gasteiger partial charge in [0.15, 0.2) is 0 Å². The molecule has 0 aliphatic heterocycles. The summed E-state index contributed by atoms with van der Waals surface area (Å²) in [6.45, 7) is 5.12. The SMILES string of the molecule is C[SiH](C)[Hf]([CH2]c1ccccc1)([CH2]c1ccccc1)([NH]C(=O)C1CCCCC1)[c]1cccc2c1Cc1ccccc1-2. The number of carbonyl (C=O) groups excluding carboxylic acids is 1. The topological polar surface area (TPSA) is 29.1 Å². The zero-order valence-electron chi connectivity index (χ0n) is 24.0. The van der Waals surface area contributed by atoms with Crippen molar-refractivity contribution >= 4 is 15.2 Å². The van der Waals surface area contributed by atoms with Gasteiger partial charge in [0.1, 0.15) is 0 Å². The first-order chi connectivity index (χ1) is 19.5. The van der Waals surface area contributed by atoms with Crippen LogP contribution >= 0.6 is 0 Å². The van der Waals surface area contributed by atoms with Gasteiger partial charge >= 0.3 is 244 Å². The fourth-order valence-electron chi connectivity index (χ4n) is 7.91. The first kappa shape index (κ1) is 27.6. The van der Waals surface area contributed by atoms with Crippen molar-refractivity contribution in [2.45, 2.75) is 60.0 Å². The van der Waals surface area contributed by atoms with Crippen LogP contribution in [-0.4, -0.2) is 11.9 Å². The molecule has 2 aliphatic carbocycles. The molecule has 1 amide bonds. The van der Waals surface area contributed by atoms with Crippen molar-refractivity contribution in [2.75, 3.05) is 0 Å². The number of fused-ring (bicyclic) bond motifs is 3. The van der Waals surface area contributed by atoms with Crippen molar-refractivity contribution in [1.82, 2.24) is 3.30 Å². The molecule has 0 atom stereocenters. The Balaban J connectivity index is 1.63. The number of carbonyl (C=O) groups is 1. The van der Waals surface area contributed by atoms with Crippen LogP contribution in [0.5, 0.6) is 0 Å². The molecule has 0 heterocycles. The molecule has 4 heteroatoms. The number of hydrogen-bond donors (Lipinski definition) is 1. The number of benzene rings is 4. The van der Waals surface area contributed by atoms with E-state index < -0.39 is 23.9 Å². The molecule has 1 fully saturated rings. The third-order valence-corrected chi connectivity index (χ3v) is 68.5. The van der Waals surface area contributed by atoms with Gasteiger partial charge in [0, 0.05) is 0 Å². The summed E-state index contributed by atoms with van der Waals surface area (Å²) in [7, 11) is 0. The van der Waals surface area contributed by atoms with Crippen LogP contribution in [0.15, 0.2) is 103 Å². The maximum absolute atomic E-state index is 14.6. The molecular weight excluding hydrogens is 669 g/mol. The molecule has 2 aliphatic rings. The normalized spacial score (nSPS) is 16.1. The van der Waals surface area contributed by atoms with E-state index in [2.05, 4.69) is 120 Å². The minimum atomic E-state index is -4.60. The summed E-state index contributed by atoms with van der Waals surface area (Å²) in [4.78, 5) is 14.6. The van der Waals surface area contributed by atoms with Crippen LogP contribution in [0.4, 0.5) is 0 Å². The maximum atomic E-state index is 14.6. The Morgan fingerprint density at radius 1 is 0.725 bits per heavy atom. The van der Waals surface area contributed by atoms with E-state index in [9.17, 15) is 4.79 Å². The van der Waals surface area contributed by atoms with Crippen LogP contribution < -0.4 is 6.62 Å². The third kappa shape index (κ3) is 4.92. The van der Waals surface area contributed by atoms with Crippen molar-refractivity contribution < 1.29 is 22.8 Å².